The van der Waals surface area contributed by atoms with Crippen LogP contribution in [0.4, 0.5) is 0 Å². The molecule has 0 heterocycles. The van der Waals surface area contributed by atoms with Gasteiger partial charge >= 0.3 is 5.97 Å². The molecule has 0 aromatic heterocycles. The highest BCUT2D eigenvalue weighted by Crippen LogP contribution is 1.98. The van der Waals surface area contributed by atoms with Crippen molar-refractivity contribution in [2.24, 2.45) is 0 Å². The summed E-state index contributed by atoms with van der Waals surface area (Å²) in [5.41, 5.74) is 0.588. The molecule has 0 bridgehead atoms. The normalized spacial score (nSPS) is 8.09. The zero-order valence-electron chi connectivity index (χ0n) is 5.70. The van der Waals surface area contributed by atoms with E-state index in [9.17, 15) is 4.79 Å². The highest BCUT2D eigenvalue weighted by Gasteiger charge is 2.00. The second-order valence-corrected chi connectivity index (χ2v) is 1.86. The Hall–Kier alpha value is -1.31. The summed E-state index contributed by atoms with van der Waals surface area (Å²) < 4.78 is 4.50. The van der Waals surface area contributed by atoms with Gasteiger partial charge in [-0.2, -0.15) is 0 Å². The van der Waals surface area contributed by atoms with Crippen LogP contribution in [0, 0.1) is 0 Å². The summed E-state index contributed by atoms with van der Waals surface area (Å²) in [6.07, 6.45) is 0. The maximum atomic E-state index is 10.8. The van der Waals surface area contributed by atoms with Gasteiger partial charge in [-0.05, 0) is 12.1 Å². The lowest BCUT2D eigenvalue weighted by Crippen LogP contribution is -1.99. The maximum absolute atomic E-state index is 10.8. The van der Waals surface area contributed by atoms with Crippen LogP contribution >= 0.6 is 0 Å². The first kappa shape index (κ1) is 9.69. The summed E-state index contributed by atoms with van der Waals surface area (Å²) in [7, 11) is 1.37. The quantitative estimate of drug-likeness (QED) is 0.576. The van der Waals surface area contributed by atoms with E-state index in [0.29, 0.717) is 5.56 Å². The molecule has 0 radical (unpaired) electrons. The van der Waals surface area contributed by atoms with E-state index in [0.717, 1.165) is 0 Å². The Morgan fingerprint density at radius 3 is 2.27 bits per heavy atom. The molecule has 0 aliphatic heterocycles. The summed E-state index contributed by atoms with van der Waals surface area (Å²) in [5.74, 6) is -0.291. The molecule has 0 atom stereocenters. The van der Waals surface area contributed by atoms with Crippen molar-refractivity contribution in [1.82, 2.24) is 0 Å². The largest absolute Gasteiger partial charge is 0.465 e. The van der Waals surface area contributed by atoms with Crippen LogP contribution in [0.1, 0.15) is 17.8 Å². The van der Waals surface area contributed by atoms with Crippen LogP contribution in [0.2, 0.25) is 0 Å². The Balaban J connectivity index is 0.000001000. The zero-order valence-corrected chi connectivity index (χ0v) is 5.70. The number of ether oxygens (including phenoxy) is 1. The molecule has 1 rings (SSSR count). The van der Waals surface area contributed by atoms with Gasteiger partial charge in [0.2, 0.25) is 0 Å². The maximum Gasteiger partial charge on any atom is 0.337 e. The smallest absolute Gasteiger partial charge is 0.337 e. The van der Waals surface area contributed by atoms with Gasteiger partial charge < -0.3 is 4.74 Å². The summed E-state index contributed by atoms with van der Waals surface area (Å²) >= 11 is 0. The number of rotatable bonds is 1. The average Bonchev–Trinajstić information content (AvgIpc) is 2.05. The van der Waals surface area contributed by atoms with Crippen LogP contribution in [0.5, 0.6) is 0 Å². The van der Waals surface area contributed by atoms with Crippen molar-refractivity contribution in [3.63, 3.8) is 0 Å². The number of carbonyl (C=O) groups excluding carboxylic acids is 1. The highest BCUT2D eigenvalue weighted by molar-refractivity contribution is 5.89. The predicted molar refractivity (Wildman–Crippen MR) is 44.5 cm³/mol. The molecule has 2 heteroatoms. The standard InChI is InChI=1S/C8H8O2.CH4/c1-10-8(9)7-5-3-2-4-6-7;/h2-6H,1H3;1H4. The Bertz CT molecular complexity index is 216. The fraction of sp³-hybridized carbons (Fsp3) is 0.222. The SMILES string of the molecule is C.COC(=O)c1ccccc1. The number of benzene rings is 1. The van der Waals surface area contributed by atoms with Crippen LogP contribution in [-0.4, -0.2) is 13.1 Å². The van der Waals surface area contributed by atoms with Gasteiger partial charge in [0.25, 0.3) is 0 Å². The molecule has 11 heavy (non-hydrogen) atoms. The van der Waals surface area contributed by atoms with Crippen molar-refractivity contribution >= 4 is 5.97 Å². The van der Waals surface area contributed by atoms with Gasteiger partial charge in [0.15, 0.2) is 0 Å². The molecule has 0 amide bonds. The minimum Gasteiger partial charge on any atom is -0.465 e. The first-order valence-corrected chi connectivity index (χ1v) is 2.98. The first-order chi connectivity index (χ1) is 4.84. The van der Waals surface area contributed by atoms with E-state index in [1.165, 1.54) is 7.11 Å². The van der Waals surface area contributed by atoms with Gasteiger partial charge in [0.1, 0.15) is 0 Å². The second-order valence-electron chi connectivity index (χ2n) is 1.86. The van der Waals surface area contributed by atoms with Crippen molar-refractivity contribution < 1.29 is 9.53 Å². The Labute approximate surface area is 66.8 Å². The molecule has 1 aromatic carbocycles. The number of methoxy groups -OCH3 is 1. The third-order valence-corrected chi connectivity index (χ3v) is 1.19. The van der Waals surface area contributed by atoms with Crippen molar-refractivity contribution in [3.05, 3.63) is 35.9 Å². The fourth-order valence-electron chi connectivity index (χ4n) is 0.692. The molecule has 0 saturated heterocycles. The third kappa shape index (κ3) is 2.42. The van der Waals surface area contributed by atoms with E-state index in [1.807, 2.05) is 6.07 Å². The fourth-order valence-corrected chi connectivity index (χ4v) is 0.692. The van der Waals surface area contributed by atoms with E-state index in [4.69, 9.17) is 0 Å². The number of hydrogen-bond donors (Lipinski definition) is 0. The van der Waals surface area contributed by atoms with Crippen molar-refractivity contribution in [3.8, 4) is 0 Å². The van der Waals surface area contributed by atoms with E-state index in [-0.39, 0.29) is 13.4 Å². The Morgan fingerprint density at radius 2 is 1.82 bits per heavy atom. The molecule has 0 spiro atoms. The third-order valence-electron chi connectivity index (χ3n) is 1.19. The summed E-state index contributed by atoms with van der Waals surface area (Å²) in [4.78, 5) is 10.8. The minimum absolute atomic E-state index is 0. The molecule has 2 nitrogen and oxygen atoms in total. The molecule has 0 aliphatic rings. The molecule has 0 saturated carbocycles. The average molecular weight is 152 g/mol. The van der Waals surface area contributed by atoms with E-state index < -0.39 is 0 Å². The van der Waals surface area contributed by atoms with Gasteiger partial charge in [-0.3, -0.25) is 0 Å². The van der Waals surface area contributed by atoms with E-state index in [1.54, 1.807) is 24.3 Å². The minimum atomic E-state index is -0.291. The molecule has 0 unspecified atom stereocenters. The molecule has 1 aromatic rings. The lowest BCUT2D eigenvalue weighted by Gasteiger charge is -1.95. The van der Waals surface area contributed by atoms with Crippen LogP contribution < -0.4 is 0 Å². The van der Waals surface area contributed by atoms with Gasteiger partial charge in [-0.25, -0.2) is 4.79 Å². The van der Waals surface area contributed by atoms with Crippen molar-refractivity contribution in [2.45, 2.75) is 7.43 Å². The van der Waals surface area contributed by atoms with Crippen LogP contribution in [-0.2, 0) is 4.74 Å². The Kier molecular flexibility index (Phi) is 3.96. The highest BCUT2D eigenvalue weighted by atomic mass is 16.5. The molecular weight excluding hydrogens is 140 g/mol. The van der Waals surface area contributed by atoms with Gasteiger partial charge in [0, 0.05) is 0 Å². The van der Waals surface area contributed by atoms with Gasteiger partial charge in [-0.1, -0.05) is 25.6 Å². The van der Waals surface area contributed by atoms with Crippen LogP contribution in [0.15, 0.2) is 30.3 Å². The van der Waals surface area contributed by atoms with Crippen molar-refractivity contribution in [2.75, 3.05) is 7.11 Å². The molecule has 0 fully saturated rings. The summed E-state index contributed by atoms with van der Waals surface area (Å²) in [5, 5.41) is 0. The topological polar surface area (TPSA) is 26.3 Å². The molecular formula is C9H12O2. The first-order valence-electron chi connectivity index (χ1n) is 2.98. The lowest BCUT2D eigenvalue weighted by atomic mass is 10.2. The number of carbonyl (C=O) groups is 1. The second kappa shape index (κ2) is 4.50. The van der Waals surface area contributed by atoms with Crippen LogP contribution in [0.3, 0.4) is 0 Å². The van der Waals surface area contributed by atoms with E-state index in [2.05, 4.69) is 4.74 Å². The summed E-state index contributed by atoms with van der Waals surface area (Å²) in [6.45, 7) is 0. The molecule has 0 N–H and O–H groups in total. The predicted octanol–water partition coefficient (Wildman–Crippen LogP) is 2.11. The summed E-state index contributed by atoms with van der Waals surface area (Å²) in [6, 6.07) is 8.88. The van der Waals surface area contributed by atoms with Gasteiger partial charge in [-0.15, -0.1) is 0 Å². The monoisotopic (exact) mass is 152 g/mol. The van der Waals surface area contributed by atoms with E-state index >= 15 is 0 Å². The zero-order chi connectivity index (χ0) is 7.40. The number of hydrogen-bond acceptors (Lipinski definition) is 2. The van der Waals surface area contributed by atoms with Gasteiger partial charge in [0.05, 0.1) is 12.7 Å². The van der Waals surface area contributed by atoms with Crippen LogP contribution in [0.25, 0.3) is 0 Å². The number of esters is 1. The Morgan fingerprint density at radius 1 is 1.27 bits per heavy atom. The lowest BCUT2D eigenvalue weighted by molar-refractivity contribution is 0.0601. The molecule has 60 valence electrons. The van der Waals surface area contributed by atoms with Crippen molar-refractivity contribution in [1.29, 1.82) is 0 Å². The molecule has 0 aliphatic carbocycles.